The van der Waals surface area contributed by atoms with E-state index in [0.29, 0.717) is 13.0 Å². The molecule has 5 heteroatoms. The molecule has 0 aromatic heterocycles. The molecule has 1 aromatic rings. The van der Waals surface area contributed by atoms with Gasteiger partial charge < -0.3 is 19.9 Å². The predicted molar refractivity (Wildman–Crippen MR) is 75.3 cm³/mol. The Bertz CT molecular complexity index is 556. The van der Waals surface area contributed by atoms with Crippen LogP contribution in [-0.2, 0) is 6.42 Å². The molecule has 0 unspecified atom stereocenters. The highest BCUT2D eigenvalue weighted by atomic mass is 35.5. The largest absolute Gasteiger partial charge is 0.493 e. The van der Waals surface area contributed by atoms with Crippen LogP contribution in [0.5, 0.6) is 17.2 Å². The van der Waals surface area contributed by atoms with E-state index in [0.717, 1.165) is 5.56 Å². The van der Waals surface area contributed by atoms with Crippen LogP contribution in [0.3, 0.4) is 0 Å². The third-order valence-electron chi connectivity index (χ3n) is 2.16. The molecule has 0 heterocycles. The van der Waals surface area contributed by atoms with Crippen molar-refractivity contribution in [2.45, 2.75) is 19.6 Å². The molecule has 0 atom stereocenters. The fourth-order valence-electron chi connectivity index (χ4n) is 1.42. The monoisotopic (exact) mass is 282 g/mol. The smallest absolute Gasteiger partial charge is 0.203 e. The average Bonchev–Trinajstić information content (AvgIpc) is 2.46. The minimum atomic E-state index is -3.26. The van der Waals surface area contributed by atoms with Crippen molar-refractivity contribution in [2.24, 2.45) is 5.73 Å². The fourth-order valence-corrected chi connectivity index (χ4v) is 1.42. The number of ether oxygens (including phenoxy) is 3. The summed E-state index contributed by atoms with van der Waals surface area (Å²) >= 11 is 0. The van der Waals surface area contributed by atoms with Crippen LogP contribution in [0.4, 0.5) is 0 Å². The Labute approximate surface area is 125 Å². The fraction of sp³-hybridized carbons (Fsp3) is 0.538. The summed E-state index contributed by atoms with van der Waals surface area (Å²) in [5.41, 5.74) is 6.25. The summed E-state index contributed by atoms with van der Waals surface area (Å²) in [6.45, 7) is -6.01. The van der Waals surface area contributed by atoms with Gasteiger partial charge in [0.15, 0.2) is 11.5 Å². The highest BCUT2D eigenvalue weighted by Crippen LogP contribution is 2.38. The molecular weight excluding hydrogens is 254 g/mol. The summed E-state index contributed by atoms with van der Waals surface area (Å²) in [5, 5.41) is 0. The lowest BCUT2D eigenvalue weighted by Gasteiger charge is -2.15. The van der Waals surface area contributed by atoms with E-state index in [9.17, 15) is 0 Å². The molecule has 18 heavy (non-hydrogen) atoms. The number of hydrogen-bond acceptors (Lipinski definition) is 4. The van der Waals surface area contributed by atoms with Crippen LogP contribution in [0.2, 0.25) is 0 Å². The lowest BCUT2D eigenvalue weighted by atomic mass is 10.1. The Kier molecular flexibility index (Phi) is 4.01. The van der Waals surface area contributed by atoms with Crippen LogP contribution in [0.1, 0.15) is 28.4 Å². The van der Waals surface area contributed by atoms with Gasteiger partial charge in [-0.05, 0) is 37.0 Å². The summed E-state index contributed by atoms with van der Waals surface area (Å²) in [7, 11) is 2.64. The van der Waals surface area contributed by atoms with Crippen LogP contribution >= 0.6 is 12.4 Å². The maximum Gasteiger partial charge on any atom is 0.203 e. The predicted octanol–water partition coefficient (Wildman–Crippen LogP) is 2.42. The topological polar surface area (TPSA) is 53.7 Å². The van der Waals surface area contributed by atoms with E-state index in [1.165, 1.54) is 14.2 Å². The van der Waals surface area contributed by atoms with Crippen molar-refractivity contribution in [1.29, 1.82) is 0 Å². The Balaban J connectivity index is 0.00000576. The summed E-state index contributed by atoms with van der Waals surface area (Å²) in [5.74, 6) is -0.0510. The molecule has 0 spiro atoms. The molecule has 1 rings (SSSR count). The zero-order valence-electron chi connectivity index (χ0n) is 17.3. The molecule has 0 saturated carbocycles. The number of methoxy groups -OCH3 is 2. The Morgan fingerprint density at radius 1 is 1.28 bits per heavy atom. The van der Waals surface area contributed by atoms with E-state index >= 15 is 0 Å². The number of hydrogen-bond donors (Lipinski definition) is 1. The van der Waals surface area contributed by atoms with Gasteiger partial charge in [0.25, 0.3) is 0 Å². The number of rotatable bonds is 7. The van der Waals surface area contributed by atoms with Crippen molar-refractivity contribution in [3.8, 4) is 17.2 Å². The standard InChI is InChI=1S/C13H21NO3.ClH/c1-4-7-17-13-11(15-2)8-10(5-6-14)9-12(13)16-3;/h8-9H,4-7,14H2,1-3H3;1H/i1D3,4D2,7D2;. The molecule has 0 bridgehead atoms. The summed E-state index contributed by atoms with van der Waals surface area (Å²) < 4.78 is 67.7. The van der Waals surface area contributed by atoms with Crippen molar-refractivity contribution in [1.82, 2.24) is 0 Å². The van der Waals surface area contributed by atoms with Gasteiger partial charge in [-0.25, -0.2) is 0 Å². The van der Waals surface area contributed by atoms with Gasteiger partial charge in [-0.3, -0.25) is 0 Å². The number of nitrogens with two attached hydrogens (primary N) is 1. The summed E-state index contributed by atoms with van der Waals surface area (Å²) in [4.78, 5) is 0. The Hall–Kier alpha value is -1.13. The number of halogens is 1. The SMILES string of the molecule is Cl.[2H]C([2H])([2H])C([2H])([2H])C([2H])([2H])Oc1c(OC)cc(CCN)cc1OC. The minimum Gasteiger partial charge on any atom is -0.493 e. The normalized spacial score (nSPS) is 17.6. The van der Waals surface area contributed by atoms with Crippen molar-refractivity contribution < 1.29 is 23.8 Å². The van der Waals surface area contributed by atoms with E-state index in [1.54, 1.807) is 12.1 Å². The van der Waals surface area contributed by atoms with Crippen LogP contribution in [0, 0.1) is 0 Å². The van der Waals surface area contributed by atoms with E-state index in [1.807, 2.05) is 0 Å². The maximum atomic E-state index is 7.78. The molecule has 0 aliphatic rings. The molecule has 2 N–H and O–H groups in total. The van der Waals surface area contributed by atoms with Crippen LogP contribution in [0.25, 0.3) is 0 Å². The third kappa shape index (κ3) is 4.27. The van der Waals surface area contributed by atoms with Crippen LogP contribution in [-0.4, -0.2) is 27.3 Å². The first-order valence-electron chi connectivity index (χ1n) is 8.55. The molecule has 0 radical (unpaired) electrons. The lowest BCUT2D eigenvalue weighted by molar-refractivity contribution is 0.274. The maximum absolute atomic E-state index is 7.78. The molecular formula is C13H22ClNO3. The first-order valence-corrected chi connectivity index (χ1v) is 5.05. The van der Waals surface area contributed by atoms with Gasteiger partial charge in [0.05, 0.1) is 23.5 Å². The first kappa shape index (κ1) is 8.12. The van der Waals surface area contributed by atoms with Gasteiger partial charge in [-0.2, -0.15) is 0 Å². The zero-order valence-corrected chi connectivity index (χ0v) is 11.1. The first-order chi connectivity index (χ1) is 10.9. The quantitative estimate of drug-likeness (QED) is 0.834. The van der Waals surface area contributed by atoms with Crippen molar-refractivity contribution in [3.05, 3.63) is 17.7 Å². The Morgan fingerprint density at radius 2 is 1.89 bits per heavy atom. The summed E-state index contributed by atoms with van der Waals surface area (Å²) in [6.07, 6.45) is -2.75. The average molecular weight is 283 g/mol. The molecule has 1 aromatic carbocycles. The van der Waals surface area contributed by atoms with Gasteiger partial charge in [-0.15, -0.1) is 12.4 Å². The second kappa shape index (κ2) is 8.89. The molecule has 0 fully saturated rings. The highest BCUT2D eigenvalue weighted by Gasteiger charge is 2.13. The van der Waals surface area contributed by atoms with Gasteiger partial charge in [0.1, 0.15) is 0 Å². The van der Waals surface area contributed by atoms with Gasteiger partial charge in [0, 0.05) is 6.85 Å². The van der Waals surface area contributed by atoms with Crippen LogP contribution in [0.15, 0.2) is 12.1 Å². The highest BCUT2D eigenvalue weighted by molar-refractivity contribution is 5.85. The molecule has 104 valence electrons. The van der Waals surface area contributed by atoms with Gasteiger partial charge in [0.2, 0.25) is 5.75 Å². The second-order valence-electron chi connectivity index (χ2n) is 3.20. The van der Waals surface area contributed by atoms with Crippen LogP contribution < -0.4 is 19.9 Å². The molecule has 4 nitrogen and oxygen atoms in total. The molecule has 0 aliphatic carbocycles. The van der Waals surface area contributed by atoms with E-state index in [2.05, 4.69) is 0 Å². The third-order valence-corrected chi connectivity index (χ3v) is 2.16. The van der Waals surface area contributed by atoms with Crippen molar-refractivity contribution in [2.75, 3.05) is 27.3 Å². The molecule has 0 amide bonds. The summed E-state index contributed by atoms with van der Waals surface area (Å²) in [6, 6.07) is 3.09. The van der Waals surface area contributed by atoms with E-state index in [-0.39, 0.29) is 29.7 Å². The molecule has 0 saturated heterocycles. The Morgan fingerprint density at radius 3 is 2.33 bits per heavy atom. The molecule has 0 aliphatic heterocycles. The number of benzene rings is 1. The second-order valence-corrected chi connectivity index (χ2v) is 3.20. The van der Waals surface area contributed by atoms with Crippen molar-refractivity contribution >= 4 is 12.4 Å². The lowest BCUT2D eigenvalue weighted by Crippen LogP contribution is -2.05. The van der Waals surface area contributed by atoms with E-state index in [4.69, 9.17) is 29.5 Å². The van der Waals surface area contributed by atoms with Gasteiger partial charge >= 0.3 is 0 Å². The van der Waals surface area contributed by atoms with Crippen molar-refractivity contribution in [3.63, 3.8) is 0 Å². The minimum absolute atomic E-state index is 0. The van der Waals surface area contributed by atoms with Gasteiger partial charge in [-0.1, -0.05) is 6.85 Å². The zero-order chi connectivity index (χ0) is 18.8. The van der Waals surface area contributed by atoms with E-state index < -0.39 is 19.8 Å².